The highest BCUT2D eigenvalue weighted by molar-refractivity contribution is 5.27. The molecule has 3 heteroatoms. The summed E-state index contributed by atoms with van der Waals surface area (Å²) >= 11 is 0. The van der Waals surface area contributed by atoms with Crippen LogP contribution in [0.1, 0.15) is 25.5 Å². The molecule has 1 aliphatic rings. The molecule has 1 N–H and O–H groups in total. The van der Waals surface area contributed by atoms with E-state index in [0.717, 1.165) is 0 Å². The van der Waals surface area contributed by atoms with Gasteiger partial charge in [0.1, 0.15) is 6.04 Å². The first-order chi connectivity index (χ1) is 7.32. The SMILES string of the molecule is CCOC1(OCC)NC1c1ccccc1. The molecule has 1 aromatic carbocycles. The summed E-state index contributed by atoms with van der Waals surface area (Å²) in [6.45, 7) is 5.25. The maximum Gasteiger partial charge on any atom is 0.248 e. The third-order valence-corrected chi connectivity index (χ3v) is 2.49. The molecule has 3 nitrogen and oxygen atoms in total. The molecule has 0 aromatic heterocycles. The molecule has 1 aromatic rings. The molecular weight excluding hydrogens is 190 g/mol. The lowest BCUT2D eigenvalue weighted by atomic mass is 10.1. The first-order valence-corrected chi connectivity index (χ1v) is 5.43. The third-order valence-electron chi connectivity index (χ3n) is 2.49. The fourth-order valence-electron chi connectivity index (χ4n) is 1.83. The lowest BCUT2D eigenvalue weighted by molar-refractivity contribution is -0.170. The van der Waals surface area contributed by atoms with E-state index < -0.39 is 5.91 Å². The van der Waals surface area contributed by atoms with Gasteiger partial charge in [-0.2, -0.15) is 0 Å². The lowest BCUT2D eigenvalue weighted by Crippen LogP contribution is -2.24. The van der Waals surface area contributed by atoms with E-state index >= 15 is 0 Å². The molecule has 1 fully saturated rings. The maximum atomic E-state index is 5.61. The number of rotatable bonds is 5. The van der Waals surface area contributed by atoms with Gasteiger partial charge in [0.2, 0.25) is 5.91 Å². The minimum Gasteiger partial charge on any atom is -0.336 e. The Labute approximate surface area is 90.4 Å². The Morgan fingerprint density at radius 1 is 1.13 bits per heavy atom. The molecule has 0 saturated carbocycles. The van der Waals surface area contributed by atoms with E-state index in [2.05, 4.69) is 17.4 Å². The molecule has 1 heterocycles. The molecule has 2 rings (SSSR count). The molecule has 15 heavy (non-hydrogen) atoms. The summed E-state index contributed by atoms with van der Waals surface area (Å²) < 4.78 is 11.2. The van der Waals surface area contributed by atoms with Crippen molar-refractivity contribution in [2.45, 2.75) is 25.8 Å². The zero-order chi connectivity index (χ0) is 10.7. The summed E-state index contributed by atoms with van der Waals surface area (Å²) in [6, 6.07) is 10.4. The van der Waals surface area contributed by atoms with Crippen molar-refractivity contribution in [1.29, 1.82) is 0 Å². The van der Waals surface area contributed by atoms with Crippen LogP contribution in [0, 0.1) is 0 Å². The Bertz CT molecular complexity index is 307. The Morgan fingerprint density at radius 3 is 2.27 bits per heavy atom. The van der Waals surface area contributed by atoms with Gasteiger partial charge in [0.15, 0.2) is 0 Å². The fraction of sp³-hybridized carbons (Fsp3) is 0.500. The van der Waals surface area contributed by atoms with Crippen LogP contribution < -0.4 is 5.32 Å². The van der Waals surface area contributed by atoms with E-state index in [1.165, 1.54) is 5.56 Å². The second-order valence-corrected chi connectivity index (χ2v) is 3.52. The average Bonchev–Trinajstić information content (AvgIpc) is 2.95. The van der Waals surface area contributed by atoms with Crippen LogP contribution in [-0.2, 0) is 9.47 Å². The second-order valence-electron chi connectivity index (χ2n) is 3.52. The fourth-order valence-corrected chi connectivity index (χ4v) is 1.83. The Balaban J connectivity index is 2.08. The predicted octanol–water partition coefficient (Wildman–Crippen LogP) is 2.06. The third kappa shape index (κ3) is 2.04. The molecule has 0 bridgehead atoms. The van der Waals surface area contributed by atoms with Crippen molar-refractivity contribution < 1.29 is 9.47 Å². The minimum absolute atomic E-state index is 0.165. The van der Waals surface area contributed by atoms with Crippen LogP contribution in [0.4, 0.5) is 0 Å². The Kier molecular flexibility index (Phi) is 3.05. The van der Waals surface area contributed by atoms with Gasteiger partial charge in [0.05, 0.1) is 0 Å². The predicted molar refractivity (Wildman–Crippen MR) is 58.3 cm³/mol. The number of hydrogen-bond donors (Lipinski definition) is 1. The molecule has 0 amide bonds. The van der Waals surface area contributed by atoms with Crippen LogP contribution in [0.25, 0.3) is 0 Å². The van der Waals surface area contributed by atoms with Crippen LogP contribution in [0.5, 0.6) is 0 Å². The Hall–Kier alpha value is -0.900. The standard InChI is InChI=1S/C12H17NO2/c1-3-14-12(15-4-2)11(13-12)10-8-6-5-7-9-10/h5-9,11,13H,3-4H2,1-2H3. The van der Waals surface area contributed by atoms with Gasteiger partial charge in [-0.1, -0.05) is 30.3 Å². The van der Waals surface area contributed by atoms with Crippen molar-refractivity contribution in [1.82, 2.24) is 5.32 Å². The summed E-state index contributed by atoms with van der Waals surface area (Å²) in [7, 11) is 0. The number of nitrogens with one attached hydrogen (secondary N) is 1. The van der Waals surface area contributed by atoms with E-state index in [9.17, 15) is 0 Å². The normalized spacial score (nSPS) is 22.7. The molecule has 1 aliphatic heterocycles. The highest BCUT2D eigenvalue weighted by Gasteiger charge is 2.57. The van der Waals surface area contributed by atoms with Gasteiger partial charge in [-0.05, 0) is 19.4 Å². The number of ether oxygens (including phenoxy) is 2. The zero-order valence-corrected chi connectivity index (χ0v) is 9.19. The van der Waals surface area contributed by atoms with E-state index in [1.54, 1.807) is 0 Å². The van der Waals surface area contributed by atoms with Gasteiger partial charge < -0.3 is 9.47 Å². The van der Waals surface area contributed by atoms with Crippen LogP contribution in [0.15, 0.2) is 30.3 Å². The highest BCUT2D eigenvalue weighted by atomic mass is 16.7. The van der Waals surface area contributed by atoms with Crippen LogP contribution >= 0.6 is 0 Å². The van der Waals surface area contributed by atoms with Gasteiger partial charge in [0.25, 0.3) is 0 Å². The van der Waals surface area contributed by atoms with Gasteiger partial charge in [-0.3, -0.25) is 5.32 Å². The maximum absolute atomic E-state index is 5.61. The van der Waals surface area contributed by atoms with Gasteiger partial charge in [0, 0.05) is 13.2 Å². The van der Waals surface area contributed by atoms with Crippen LogP contribution in [-0.4, -0.2) is 19.1 Å². The molecule has 0 aliphatic carbocycles. The van der Waals surface area contributed by atoms with Gasteiger partial charge >= 0.3 is 0 Å². The quantitative estimate of drug-likeness (QED) is 0.593. The number of hydrogen-bond acceptors (Lipinski definition) is 3. The molecule has 1 unspecified atom stereocenters. The molecular formula is C12H17NO2. The first kappa shape index (κ1) is 10.6. The molecule has 0 radical (unpaired) electrons. The topological polar surface area (TPSA) is 40.4 Å². The van der Waals surface area contributed by atoms with Crippen molar-refractivity contribution in [3.63, 3.8) is 0 Å². The first-order valence-electron chi connectivity index (χ1n) is 5.43. The Morgan fingerprint density at radius 2 is 1.73 bits per heavy atom. The van der Waals surface area contributed by atoms with Crippen LogP contribution in [0.2, 0.25) is 0 Å². The van der Waals surface area contributed by atoms with Crippen molar-refractivity contribution >= 4 is 0 Å². The second kappa shape index (κ2) is 4.31. The van der Waals surface area contributed by atoms with Crippen molar-refractivity contribution in [2.24, 2.45) is 0 Å². The monoisotopic (exact) mass is 207 g/mol. The van der Waals surface area contributed by atoms with E-state index in [4.69, 9.17) is 9.47 Å². The summed E-state index contributed by atoms with van der Waals surface area (Å²) in [5.41, 5.74) is 1.21. The summed E-state index contributed by atoms with van der Waals surface area (Å²) in [6.07, 6.45) is 0. The molecule has 82 valence electrons. The molecule has 1 atom stereocenters. The van der Waals surface area contributed by atoms with Gasteiger partial charge in [-0.25, -0.2) is 0 Å². The van der Waals surface area contributed by atoms with Crippen molar-refractivity contribution in [3.05, 3.63) is 35.9 Å². The minimum atomic E-state index is -0.579. The van der Waals surface area contributed by atoms with Crippen molar-refractivity contribution in [3.8, 4) is 0 Å². The smallest absolute Gasteiger partial charge is 0.248 e. The zero-order valence-electron chi connectivity index (χ0n) is 9.19. The largest absolute Gasteiger partial charge is 0.336 e. The summed E-state index contributed by atoms with van der Waals surface area (Å²) in [4.78, 5) is 0. The molecule has 1 saturated heterocycles. The molecule has 0 spiro atoms. The highest BCUT2D eigenvalue weighted by Crippen LogP contribution is 2.42. The van der Waals surface area contributed by atoms with E-state index in [-0.39, 0.29) is 6.04 Å². The summed E-state index contributed by atoms with van der Waals surface area (Å²) in [5.74, 6) is -0.579. The van der Waals surface area contributed by atoms with E-state index in [1.807, 2.05) is 32.0 Å². The lowest BCUT2D eigenvalue weighted by Gasteiger charge is -2.14. The summed E-state index contributed by atoms with van der Waals surface area (Å²) in [5, 5.41) is 3.26. The van der Waals surface area contributed by atoms with Crippen LogP contribution in [0.3, 0.4) is 0 Å². The van der Waals surface area contributed by atoms with Gasteiger partial charge in [-0.15, -0.1) is 0 Å². The van der Waals surface area contributed by atoms with Crippen molar-refractivity contribution in [2.75, 3.05) is 13.2 Å². The van der Waals surface area contributed by atoms with E-state index in [0.29, 0.717) is 13.2 Å². The average molecular weight is 207 g/mol. The number of benzene rings is 1.